The molecule has 8 nitrogen and oxygen atoms in total. The second kappa shape index (κ2) is 8.86. The van der Waals surface area contributed by atoms with Gasteiger partial charge in [-0.25, -0.2) is 9.67 Å². The van der Waals surface area contributed by atoms with Crippen molar-refractivity contribution in [3.05, 3.63) is 59.5 Å². The van der Waals surface area contributed by atoms with Gasteiger partial charge in [-0.05, 0) is 43.7 Å². The maximum absolute atomic E-state index is 5.75. The molecule has 3 aromatic rings. The van der Waals surface area contributed by atoms with Gasteiger partial charge in [0.05, 0.1) is 18.9 Å². The largest absolute Gasteiger partial charge is 0.490 e. The topological polar surface area (TPSA) is 85.6 Å². The molecule has 156 valence electrons. The lowest BCUT2D eigenvalue weighted by Crippen LogP contribution is -2.30. The summed E-state index contributed by atoms with van der Waals surface area (Å²) in [5, 5.41) is 11.1. The molecular weight excluding hydrogens is 380 g/mol. The Balaban J connectivity index is 1.38. The van der Waals surface area contributed by atoms with Crippen LogP contribution < -0.4 is 20.1 Å². The van der Waals surface area contributed by atoms with E-state index >= 15 is 0 Å². The van der Waals surface area contributed by atoms with Crippen LogP contribution in [0.25, 0.3) is 5.82 Å². The number of hydrogen-bond donors (Lipinski definition) is 2. The normalized spacial score (nSPS) is 13.6. The summed E-state index contributed by atoms with van der Waals surface area (Å²) >= 11 is 0. The lowest BCUT2D eigenvalue weighted by Gasteiger charge is -2.14. The molecule has 0 saturated carbocycles. The van der Waals surface area contributed by atoms with Crippen molar-refractivity contribution in [1.29, 1.82) is 0 Å². The Morgan fingerprint density at radius 1 is 1.10 bits per heavy atom. The highest BCUT2D eigenvalue weighted by atomic mass is 16.5. The van der Waals surface area contributed by atoms with E-state index in [4.69, 9.17) is 9.47 Å². The third kappa shape index (κ3) is 4.53. The molecule has 0 unspecified atom stereocenters. The maximum atomic E-state index is 5.75. The predicted octanol–water partition coefficient (Wildman–Crippen LogP) is 3.23. The fourth-order valence-electron chi connectivity index (χ4n) is 3.25. The van der Waals surface area contributed by atoms with Crippen molar-refractivity contribution in [1.82, 2.24) is 20.1 Å². The molecule has 2 N–H and O–H groups in total. The molecule has 0 aliphatic carbocycles. The zero-order chi connectivity index (χ0) is 20.9. The van der Waals surface area contributed by atoms with Gasteiger partial charge in [-0.15, -0.1) is 0 Å². The van der Waals surface area contributed by atoms with Gasteiger partial charge in [-0.1, -0.05) is 6.07 Å². The van der Waals surface area contributed by atoms with Crippen molar-refractivity contribution in [3.63, 3.8) is 0 Å². The molecule has 0 fully saturated rings. The maximum Gasteiger partial charge on any atom is 0.195 e. The molecular formula is C22H26N6O2. The first-order valence-corrected chi connectivity index (χ1v) is 9.98. The third-order valence-corrected chi connectivity index (χ3v) is 4.73. The second-order valence-corrected chi connectivity index (χ2v) is 7.13. The number of aliphatic imine (C=N–C) groups is 1. The minimum Gasteiger partial charge on any atom is -0.490 e. The van der Waals surface area contributed by atoms with Crippen LogP contribution in [-0.2, 0) is 6.54 Å². The molecule has 1 aliphatic heterocycles. The van der Waals surface area contributed by atoms with Crippen LogP contribution in [0.1, 0.15) is 23.4 Å². The minimum absolute atomic E-state index is 0.592. The van der Waals surface area contributed by atoms with Crippen molar-refractivity contribution in [2.45, 2.75) is 26.8 Å². The molecule has 8 heteroatoms. The van der Waals surface area contributed by atoms with E-state index in [1.165, 1.54) is 0 Å². The standard InChI is InChI=1S/C22H26N6O2/c1-15-11-16(2)28(27-15)21-8-5-17(13-24-21)14-25-22(23-3)26-18-6-7-19-20(12-18)30-10-4-9-29-19/h5-8,11-13H,4,9-10,14H2,1-3H3,(H2,23,25,26). The summed E-state index contributed by atoms with van der Waals surface area (Å²) in [7, 11) is 1.74. The molecule has 2 aromatic heterocycles. The molecule has 30 heavy (non-hydrogen) atoms. The van der Waals surface area contributed by atoms with Crippen molar-refractivity contribution >= 4 is 11.6 Å². The lowest BCUT2D eigenvalue weighted by atomic mass is 10.2. The first kappa shape index (κ1) is 19.8. The minimum atomic E-state index is 0.592. The van der Waals surface area contributed by atoms with Gasteiger partial charge in [-0.2, -0.15) is 5.10 Å². The van der Waals surface area contributed by atoms with Gasteiger partial charge in [-0.3, -0.25) is 4.99 Å². The van der Waals surface area contributed by atoms with Gasteiger partial charge >= 0.3 is 0 Å². The lowest BCUT2D eigenvalue weighted by molar-refractivity contribution is 0.297. The average Bonchev–Trinajstić information content (AvgIpc) is 2.95. The van der Waals surface area contributed by atoms with Crippen LogP contribution in [0.3, 0.4) is 0 Å². The molecule has 3 heterocycles. The Hall–Kier alpha value is -3.55. The summed E-state index contributed by atoms with van der Waals surface area (Å²) < 4.78 is 13.3. The Kier molecular flexibility index (Phi) is 5.83. The van der Waals surface area contributed by atoms with Crippen molar-refractivity contribution < 1.29 is 9.47 Å². The Bertz CT molecular complexity index is 1040. The van der Waals surface area contributed by atoms with Crippen molar-refractivity contribution in [2.24, 2.45) is 4.99 Å². The molecule has 0 radical (unpaired) electrons. The number of hydrogen-bond acceptors (Lipinski definition) is 5. The van der Waals surface area contributed by atoms with Gasteiger partial charge in [0.1, 0.15) is 0 Å². The zero-order valence-electron chi connectivity index (χ0n) is 17.5. The van der Waals surface area contributed by atoms with E-state index in [0.29, 0.717) is 25.7 Å². The monoisotopic (exact) mass is 406 g/mol. The highest BCUT2D eigenvalue weighted by Gasteiger charge is 2.11. The van der Waals surface area contributed by atoms with Gasteiger partial charge < -0.3 is 20.1 Å². The van der Waals surface area contributed by atoms with E-state index in [1.807, 2.05) is 61.1 Å². The molecule has 0 bridgehead atoms. The van der Waals surface area contributed by atoms with E-state index in [0.717, 1.165) is 46.4 Å². The summed E-state index contributed by atoms with van der Waals surface area (Å²) in [5.41, 5.74) is 3.96. The Labute approximate surface area is 176 Å². The van der Waals surface area contributed by atoms with Crippen LogP contribution in [0, 0.1) is 13.8 Å². The smallest absolute Gasteiger partial charge is 0.195 e. The van der Waals surface area contributed by atoms with Crippen LogP contribution in [-0.4, -0.2) is 41.0 Å². The highest BCUT2D eigenvalue weighted by molar-refractivity contribution is 5.93. The quantitative estimate of drug-likeness (QED) is 0.511. The number of pyridine rings is 1. The number of benzene rings is 1. The number of nitrogens with zero attached hydrogens (tertiary/aromatic N) is 4. The second-order valence-electron chi connectivity index (χ2n) is 7.13. The molecule has 0 amide bonds. The summed E-state index contributed by atoms with van der Waals surface area (Å²) in [4.78, 5) is 8.83. The molecule has 1 aromatic carbocycles. The molecule has 1 aliphatic rings. The molecule has 0 saturated heterocycles. The number of anilines is 1. The Morgan fingerprint density at radius 2 is 1.93 bits per heavy atom. The van der Waals surface area contributed by atoms with E-state index in [9.17, 15) is 0 Å². The summed E-state index contributed by atoms with van der Waals surface area (Å²) in [5.74, 6) is 2.98. The van der Waals surface area contributed by atoms with Crippen LogP contribution in [0.2, 0.25) is 0 Å². The number of aryl methyl sites for hydroxylation is 2. The number of rotatable bonds is 4. The fraction of sp³-hybridized carbons (Fsp3) is 0.318. The van der Waals surface area contributed by atoms with Crippen LogP contribution in [0.15, 0.2) is 47.6 Å². The van der Waals surface area contributed by atoms with E-state index in [1.54, 1.807) is 7.05 Å². The Morgan fingerprint density at radius 3 is 2.63 bits per heavy atom. The number of nitrogens with one attached hydrogen (secondary N) is 2. The number of fused-ring (bicyclic) bond motifs is 1. The first-order chi connectivity index (χ1) is 14.6. The van der Waals surface area contributed by atoms with Crippen molar-refractivity contribution in [2.75, 3.05) is 25.6 Å². The van der Waals surface area contributed by atoms with Crippen LogP contribution in [0.5, 0.6) is 11.5 Å². The molecule has 0 atom stereocenters. The number of ether oxygens (including phenoxy) is 2. The van der Waals surface area contributed by atoms with Gasteiger partial charge in [0, 0.05) is 43.7 Å². The SMILES string of the molecule is CN=C(NCc1ccc(-n2nc(C)cc2C)nc1)Nc1ccc2c(c1)OCCCO2. The number of guanidine groups is 1. The van der Waals surface area contributed by atoms with E-state index in [-0.39, 0.29) is 0 Å². The predicted molar refractivity (Wildman–Crippen MR) is 117 cm³/mol. The fourth-order valence-corrected chi connectivity index (χ4v) is 3.25. The summed E-state index contributed by atoms with van der Waals surface area (Å²) in [6, 6.07) is 11.8. The van der Waals surface area contributed by atoms with E-state index in [2.05, 4.69) is 25.7 Å². The molecule has 0 spiro atoms. The number of aromatic nitrogens is 3. The van der Waals surface area contributed by atoms with Gasteiger partial charge in [0.15, 0.2) is 23.3 Å². The summed E-state index contributed by atoms with van der Waals surface area (Å²) in [6.45, 7) is 5.92. The van der Waals surface area contributed by atoms with Gasteiger partial charge in [0.2, 0.25) is 0 Å². The average molecular weight is 406 g/mol. The van der Waals surface area contributed by atoms with Crippen LogP contribution >= 0.6 is 0 Å². The molecule has 4 rings (SSSR count). The summed E-state index contributed by atoms with van der Waals surface area (Å²) in [6.07, 6.45) is 2.73. The third-order valence-electron chi connectivity index (χ3n) is 4.73. The van der Waals surface area contributed by atoms with Gasteiger partial charge in [0.25, 0.3) is 0 Å². The highest BCUT2D eigenvalue weighted by Crippen LogP contribution is 2.32. The van der Waals surface area contributed by atoms with Crippen LogP contribution in [0.4, 0.5) is 5.69 Å². The first-order valence-electron chi connectivity index (χ1n) is 9.98. The van der Waals surface area contributed by atoms with E-state index < -0.39 is 0 Å². The van der Waals surface area contributed by atoms with Crippen molar-refractivity contribution in [3.8, 4) is 17.3 Å². The zero-order valence-corrected chi connectivity index (χ0v) is 17.5.